The first-order valence-corrected chi connectivity index (χ1v) is 8.77. The Bertz CT molecular complexity index is 855. The van der Waals surface area contributed by atoms with Crippen molar-refractivity contribution in [2.24, 2.45) is 0 Å². The standard InChI is InChI=1S/C17H21N7O2/c1-25-11-5-9-19-16-17(21-15-14(20-16)22-26-23-15)24-10-4-7-13(24)12-6-2-3-8-18-12/h2-3,6,8,13H,4-5,7,9-11H2,1H3,(H,19,20,22)/t13-/m1/s1. The minimum absolute atomic E-state index is 0.169. The van der Waals surface area contributed by atoms with Gasteiger partial charge >= 0.3 is 0 Å². The molecule has 0 saturated carbocycles. The fourth-order valence-electron chi connectivity index (χ4n) is 3.27. The minimum atomic E-state index is 0.169. The van der Waals surface area contributed by atoms with Gasteiger partial charge in [-0.05, 0) is 41.7 Å². The van der Waals surface area contributed by atoms with Gasteiger partial charge in [0.05, 0.1) is 11.7 Å². The van der Waals surface area contributed by atoms with Crippen LogP contribution in [0.4, 0.5) is 11.6 Å². The predicted molar refractivity (Wildman–Crippen MR) is 95.9 cm³/mol. The third kappa shape index (κ3) is 3.30. The van der Waals surface area contributed by atoms with Crippen LogP contribution in [0, 0.1) is 0 Å². The first-order valence-electron chi connectivity index (χ1n) is 8.77. The van der Waals surface area contributed by atoms with Gasteiger partial charge in [0.25, 0.3) is 0 Å². The second-order valence-electron chi connectivity index (χ2n) is 6.19. The molecule has 0 aliphatic carbocycles. The third-order valence-corrected chi connectivity index (χ3v) is 4.47. The van der Waals surface area contributed by atoms with Crippen molar-refractivity contribution < 1.29 is 9.37 Å². The molecule has 1 N–H and O–H groups in total. The van der Waals surface area contributed by atoms with E-state index in [0.29, 0.717) is 23.7 Å². The van der Waals surface area contributed by atoms with E-state index in [-0.39, 0.29) is 6.04 Å². The fraction of sp³-hybridized carbons (Fsp3) is 0.471. The molecule has 4 heterocycles. The maximum Gasteiger partial charge on any atom is 0.245 e. The smallest absolute Gasteiger partial charge is 0.245 e. The summed E-state index contributed by atoms with van der Waals surface area (Å²) in [6.07, 6.45) is 4.79. The molecular formula is C17H21N7O2. The summed E-state index contributed by atoms with van der Waals surface area (Å²) in [7, 11) is 1.69. The second kappa shape index (κ2) is 7.61. The number of rotatable bonds is 7. The molecule has 4 rings (SSSR count). The van der Waals surface area contributed by atoms with Crippen LogP contribution in [0.25, 0.3) is 11.3 Å². The van der Waals surface area contributed by atoms with Gasteiger partial charge < -0.3 is 15.0 Å². The van der Waals surface area contributed by atoms with Crippen LogP contribution >= 0.6 is 0 Å². The molecule has 0 unspecified atom stereocenters. The molecule has 1 fully saturated rings. The molecule has 3 aromatic heterocycles. The van der Waals surface area contributed by atoms with E-state index in [9.17, 15) is 0 Å². The van der Waals surface area contributed by atoms with E-state index in [2.05, 4.69) is 41.5 Å². The normalized spacial score (nSPS) is 17.1. The van der Waals surface area contributed by atoms with Crippen LogP contribution in [0.1, 0.15) is 31.0 Å². The number of hydrogen-bond acceptors (Lipinski definition) is 9. The summed E-state index contributed by atoms with van der Waals surface area (Å²) in [4.78, 5) is 16.0. The van der Waals surface area contributed by atoms with E-state index in [0.717, 1.165) is 43.9 Å². The van der Waals surface area contributed by atoms with Crippen molar-refractivity contribution in [3.8, 4) is 0 Å². The van der Waals surface area contributed by atoms with Gasteiger partial charge in [-0.25, -0.2) is 14.6 Å². The summed E-state index contributed by atoms with van der Waals surface area (Å²) in [5, 5.41) is 11.0. The highest BCUT2D eigenvalue weighted by molar-refractivity contribution is 5.74. The van der Waals surface area contributed by atoms with Crippen LogP contribution in [0.3, 0.4) is 0 Å². The van der Waals surface area contributed by atoms with Crippen molar-refractivity contribution >= 4 is 22.9 Å². The van der Waals surface area contributed by atoms with Crippen molar-refractivity contribution in [3.05, 3.63) is 30.1 Å². The monoisotopic (exact) mass is 355 g/mol. The van der Waals surface area contributed by atoms with Crippen molar-refractivity contribution in [3.63, 3.8) is 0 Å². The summed E-state index contributed by atoms with van der Waals surface area (Å²) >= 11 is 0. The molecule has 0 bridgehead atoms. The Morgan fingerprint density at radius 2 is 2.15 bits per heavy atom. The molecule has 0 aromatic carbocycles. The molecule has 9 nitrogen and oxygen atoms in total. The van der Waals surface area contributed by atoms with E-state index in [4.69, 9.17) is 9.37 Å². The Morgan fingerprint density at radius 3 is 2.96 bits per heavy atom. The molecule has 136 valence electrons. The number of methoxy groups -OCH3 is 1. The molecule has 9 heteroatoms. The number of fused-ring (bicyclic) bond motifs is 1. The molecule has 0 radical (unpaired) electrons. The predicted octanol–water partition coefficient (Wildman–Crippen LogP) is 2.20. The number of nitrogens with zero attached hydrogens (tertiary/aromatic N) is 6. The number of pyridine rings is 1. The van der Waals surface area contributed by atoms with E-state index in [1.165, 1.54) is 0 Å². The second-order valence-corrected chi connectivity index (χ2v) is 6.19. The third-order valence-electron chi connectivity index (χ3n) is 4.47. The molecule has 0 spiro atoms. The highest BCUT2D eigenvalue weighted by Crippen LogP contribution is 2.37. The topological polar surface area (TPSA) is 102 Å². The summed E-state index contributed by atoms with van der Waals surface area (Å²) in [6.45, 7) is 2.30. The highest BCUT2D eigenvalue weighted by Gasteiger charge is 2.31. The maximum atomic E-state index is 5.11. The van der Waals surface area contributed by atoms with Gasteiger partial charge in [0.15, 0.2) is 11.6 Å². The van der Waals surface area contributed by atoms with E-state index >= 15 is 0 Å². The minimum Gasteiger partial charge on any atom is -0.385 e. The summed E-state index contributed by atoms with van der Waals surface area (Å²) in [6, 6.07) is 6.16. The van der Waals surface area contributed by atoms with E-state index in [1.807, 2.05) is 18.3 Å². The fourth-order valence-corrected chi connectivity index (χ4v) is 3.27. The van der Waals surface area contributed by atoms with Gasteiger partial charge in [0.1, 0.15) is 0 Å². The quantitative estimate of drug-likeness (QED) is 0.639. The van der Waals surface area contributed by atoms with Crippen molar-refractivity contribution in [1.82, 2.24) is 25.3 Å². The van der Waals surface area contributed by atoms with Crippen LogP contribution in [0.15, 0.2) is 29.0 Å². The van der Waals surface area contributed by atoms with E-state index in [1.54, 1.807) is 7.11 Å². The van der Waals surface area contributed by atoms with Crippen molar-refractivity contribution in [1.29, 1.82) is 0 Å². The van der Waals surface area contributed by atoms with Crippen LogP contribution in [0.2, 0.25) is 0 Å². The molecule has 1 aliphatic heterocycles. The number of hydrogen-bond donors (Lipinski definition) is 1. The van der Waals surface area contributed by atoms with Crippen LogP contribution < -0.4 is 10.2 Å². The zero-order chi connectivity index (χ0) is 17.8. The lowest BCUT2D eigenvalue weighted by atomic mass is 10.1. The van der Waals surface area contributed by atoms with Gasteiger partial charge in [-0.1, -0.05) is 6.07 Å². The van der Waals surface area contributed by atoms with Crippen LogP contribution in [-0.2, 0) is 4.74 Å². The SMILES string of the molecule is COCCCNc1nc2nonc2nc1N1CCC[C@@H]1c1ccccn1. The summed E-state index contributed by atoms with van der Waals surface area (Å²) in [5.74, 6) is 1.45. The zero-order valence-electron chi connectivity index (χ0n) is 14.6. The number of ether oxygens (including phenoxy) is 1. The van der Waals surface area contributed by atoms with Crippen molar-refractivity contribution in [2.45, 2.75) is 25.3 Å². The maximum absolute atomic E-state index is 5.11. The van der Waals surface area contributed by atoms with Gasteiger partial charge in [0.2, 0.25) is 11.3 Å². The van der Waals surface area contributed by atoms with E-state index < -0.39 is 0 Å². The van der Waals surface area contributed by atoms with Gasteiger partial charge in [-0.3, -0.25) is 4.98 Å². The average molecular weight is 355 g/mol. The number of aromatic nitrogens is 5. The molecule has 3 aromatic rings. The Labute approximate surface area is 150 Å². The Balaban J connectivity index is 1.66. The lowest BCUT2D eigenvalue weighted by molar-refractivity contribution is 0.198. The molecule has 1 saturated heterocycles. The molecular weight excluding hydrogens is 334 g/mol. The van der Waals surface area contributed by atoms with Crippen LogP contribution in [-0.4, -0.2) is 52.1 Å². The Kier molecular flexibility index (Phi) is 4.87. The molecule has 1 atom stereocenters. The highest BCUT2D eigenvalue weighted by atomic mass is 16.6. The Morgan fingerprint density at radius 1 is 1.27 bits per heavy atom. The Hall–Kier alpha value is -2.81. The number of nitrogens with one attached hydrogen (secondary N) is 1. The van der Waals surface area contributed by atoms with Gasteiger partial charge in [0, 0.05) is 33.0 Å². The van der Waals surface area contributed by atoms with Gasteiger partial charge in [-0.15, -0.1) is 0 Å². The largest absolute Gasteiger partial charge is 0.385 e. The number of anilines is 2. The summed E-state index contributed by atoms with van der Waals surface area (Å²) < 4.78 is 9.90. The molecule has 1 aliphatic rings. The van der Waals surface area contributed by atoms with Gasteiger partial charge in [-0.2, -0.15) is 0 Å². The molecule has 0 amide bonds. The lowest BCUT2D eigenvalue weighted by Crippen LogP contribution is -2.26. The lowest BCUT2D eigenvalue weighted by Gasteiger charge is -2.26. The summed E-state index contributed by atoms with van der Waals surface area (Å²) in [5.41, 5.74) is 1.85. The first-order chi connectivity index (χ1) is 12.9. The average Bonchev–Trinajstić information content (AvgIpc) is 3.34. The van der Waals surface area contributed by atoms with Crippen LogP contribution in [0.5, 0.6) is 0 Å². The zero-order valence-corrected chi connectivity index (χ0v) is 14.6. The first kappa shape index (κ1) is 16.6. The molecule has 26 heavy (non-hydrogen) atoms. The van der Waals surface area contributed by atoms with Crippen molar-refractivity contribution in [2.75, 3.05) is 37.0 Å².